The molecule has 0 bridgehead atoms. The monoisotopic (exact) mass is 205 g/mol. The van der Waals surface area contributed by atoms with Crippen LogP contribution in [0, 0.1) is 6.92 Å². The van der Waals surface area contributed by atoms with Crippen LogP contribution in [-0.4, -0.2) is 26.0 Å². The Kier molecular flexibility index (Phi) is 2.53. The zero-order valence-electron chi connectivity index (χ0n) is 9.20. The van der Waals surface area contributed by atoms with Crippen molar-refractivity contribution >= 4 is 17.0 Å². The largest absolute Gasteiger partial charge is 0.366 e. The van der Waals surface area contributed by atoms with E-state index in [9.17, 15) is 0 Å². The fourth-order valence-corrected chi connectivity index (χ4v) is 1.38. The summed E-state index contributed by atoms with van der Waals surface area (Å²) in [7, 11) is 0. The molecule has 0 saturated heterocycles. The Morgan fingerprint density at radius 3 is 3.00 bits per heavy atom. The Bertz CT molecular complexity index is 462. The van der Waals surface area contributed by atoms with Gasteiger partial charge in [-0.25, -0.2) is 15.0 Å². The fraction of sp³-hybridized carbons (Fsp3) is 0.500. The summed E-state index contributed by atoms with van der Waals surface area (Å²) in [5.74, 6) is 1.57. The van der Waals surface area contributed by atoms with Crippen LogP contribution in [0.1, 0.15) is 26.1 Å². The molecule has 0 saturated carbocycles. The molecule has 2 heterocycles. The molecule has 2 rings (SSSR count). The number of anilines is 1. The minimum atomic E-state index is 0.394. The number of hydrogen-bond donors (Lipinski definition) is 2. The number of aromatic amines is 1. The number of hydrogen-bond acceptors (Lipinski definition) is 4. The maximum absolute atomic E-state index is 4.37. The average molecular weight is 205 g/mol. The lowest BCUT2D eigenvalue weighted by Crippen LogP contribution is -2.15. The van der Waals surface area contributed by atoms with Crippen molar-refractivity contribution in [3.63, 3.8) is 0 Å². The molecule has 5 nitrogen and oxygen atoms in total. The summed E-state index contributed by atoms with van der Waals surface area (Å²) in [5.41, 5.74) is 1.59. The van der Waals surface area contributed by atoms with Crippen molar-refractivity contribution in [1.82, 2.24) is 19.9 Å². The molecule has 0 aliphatic rings. The van der Waals surface area contributed by atoms with Crippen LogP contribution in [0.15, 0.2) is 6.33 Å². The molecule has 5 heteroatoms. The first kappa shape index (κ1) is 9.89. The van der Waals surface area contributed by atoms with Crippen LogP contribution in [0.5, 0.6) is 0 Å². The number of nitrogens with zero attached hydrogens (tertiary/aromatic N) is 3. The van der Waals surface area contributed by atoms with Gasteiger partial charge in [0.2, 0.25) is 0 Å². The maximum atomic E-state index is 4.37. The molecule has 1 unspecified atom stereocenters. The van der Waals surface area contributed by atoms with Crippen molar-refractivity contribution in [2.75, 3.05) is 5.32 Å². The highest BCUT2D eigenvalue weighted by molar-refractivity contribution is 5.82. The topological polar surface area (TPSA) is 66.5 Å². The van der Waals surface area contributed by atoms with E-state index < -0.39 is 0 Å². The zero-order chi connectivity index (χ0) is 10.8. The Hall–Kier alpha value is -1.65. The van der Waals surface area contributed by atoms with Crippen molar-refractivity contribution in [3.8, 4) is 0 Å². The number of nitrogens with one attached hydrogen (secondary N) is 2. The molecular weight excluding hydrogens is 190 g/mol. The lowest BCUT2D eigenvalue weighted by molar-refractivity contribution is 0.758. The number of H-pyrrole nitrogens is 1. The van der Waals surface area contributed by atoms with E-state index >= 15 is 0 Å². The Labute approximate surface area is 88.4 Å². The van der Waals surface area contributed by atoms with E-state index in [0.29, 0.717) is 11.7 Å². The summed E-state index contributed by atoms with van der Waals surface area (Å²) in [5, 5.41) is 3.34. The lowest BCUT2D eigenvalue weighted by atomic mass is 10.2. The van der Waals surface area contributed by atoms with Gasteiger partial charge in [0.05, 0.1) is 6.33 Å². The smallest absolute Gasteiger partial charge is 0.183 e. The van der Waals surface area contributed by atoms with E-state index in [0.717, 1.165) is 23.6 Å². The van der Waals surface area contributed by atoms with E-state index in [4.69, 9.17) is 0 Å². The first-order valence-corrected chi connectivity index (χ1v) is 5.15. The number of imidazole rings is 1. The maximum Gasteiger partial charge on any atom is 0.183 e. The minimum Gasteiger partial charge on any atom is -0.366 e. The second kappa shape index (κ2) is 3.84. The van der Waals surface area contributed by atoms with Gasteiger partial charge in [-0.3, -0.25) is 0 Å². The van der Waals surface area contributed by atoms with E-state index in [1.165, 1.54) is 0 Å². The highest BCUT2D eigenvalue weighted by atomic mass is 15.1. The van der Waals surface area contributed by atoms with Crippen LogP contribution in [-0.2, 0) is 0 Å². The van der Waals surface area contributed by atoms with Crippen molar-refractivity contribution in [2.45, 2.75) is 33.2 Å². The SMILES string of the molecule is CCC(C)Nc1nc(C)nc2nc[nH]c12. The van der Waals surface area contributed by atoms with Crippen LogP contribution >= 0.6 is 0 Å². The molecule has 80 valence electrons. The summed E-state index contributed by atoms with van der Waals surface area (Å²) < 4.78 is 0. The van der Waals surface area contributed by atoms with Crippen LogP contribution in [0.4, 0.5) is 5.82 Å². The minimum absolute atomic E-state index is 0.394. The predicted molar refractivity (Wildman–Crippen MR) is 59.8 cm³/mol. The third-order valence-corrected chi connectivity index (χ3v) is 2.39. The van der Waals surface area contributed by atoms with Gasteiger partial charge in [0.25, 0.3) is 0 Å². The predicted octanol–water partition coefficient (Wildman–Crippen LogP) is 1.87. The molecule has 1 atom stereocenters. The first-order valence-electron chi connectivity index (χ1n) is 5.15. The molecule has 0 fully saturated rings. The van der Waals surface area contributed by atoms with Crippen LogP contribution in [0.25, 0.3) is 11.2 Å². The molecule has 0 aromatic carbocycles. The van der Waals surface area contributed by atoms with Crippen LogP contribution in [0.3, 0.4) is 0 Å². The van der Waals surface area contributed by atoms with Gasteiger partial charge >= 0.3 is 0 Å². The summed E-state index contributed by atoms with van der Waals surface area (Å²) in [6.45, 7) is 6.13. The van der Waals surface area contributed by atoms with Gasteiger partial charge in [-0.15, -0.1) is 0 Å². The van der Waals surface area contributed by atoms with Gasteiger partial charge in [-0.1, -0.05) is 6.92 Å². The van der Waals surface area contributed by atoms with Gasteiger partial charge in [0.15, 0.2) is 11.5 Å². The van der Waals surface area contributed by atoms with E-state index in [1.54, 1.807) is 6.33 Å². The zero-order valence-corrected chi connectivity index (χ0v) is 9.20. The van der Waals surface area contributed by atoms with E-state index in [2.05, 4.69) is 39.1 Å². The average Bonchev–Trinajstić information content (AvgIpc) is 2.65. The molecule has 0 spiro atoms. The fourth-order valence-electron chi connectivity index (χ4n) is 1.38. The Balaban J connectivity index is 2.44. The number of fused-ring (bicyclic) bond motifs is 1. The molecule has 0 aliphatic carbocycles. The Morgan fingerprint density at radius 2 is 2.27 bits per heavy atom. The molecule has 0 radical (unpaired) electrons. The summed E-state index contributed by atoms with van der Waals surface area (Å²) in [6, 6.07) is 0.394. The first-order chi connectivity index (χ1) is 7.20. The molecule has 0 amide bonds. The quantitative estimate of drug-likeness (QED) is 0.802. The third kappa shape index (κ3) is 1.91. The van der Waals surface area contributed by atoms with Gasteiger partial charge in [-0.2, -0.15) is 0 Å². The van der Waals surface area contributed by atoms with E-state index in [-0.39, 0.29) is 0 Å². The summed E-state index contributed by atoms with van der Waals surface area (Å²) in [4.78, 5) is 15.8. The third-order valence-electron chi connectivity index (χ3n) is 2.39. The molecule has 15 heavy (non-hydrogen) atoms. The number of aromatic nitrogens is 4. The second-order valence-electron chi connectivity index (χ2n) is 3.67. The van der Waals surface area contributed by atoms with Gasteiger partial charge in [-0.05, 0) is 20.3 Å². The Morgan fingerprint density at radius 1 is 1.47 bits per heavy atom. The molecule has 2 N–H and O–H groups in total. The lowest BCUT2D eigenvalue weighted by Gasteiger charge is -2.12. The van der Waals surface area contributed by atoms with Crippen molar-refractivity contribution < 1.29 is 0 Å². The molecular formula is C10H15N5. The molecule has 2 aromatic heterocycles. The van der Waals surface area contributed by atoms with Gasteiger partial charge < -0.3 is 10.3 Å². The van der Waals surface area contributed by atoms with Gasteiger partial charge in [0.1, 0.15) is 11.3 Å². The number of rotatable bonds is 3. The highest BCUT2D eigenvalue weighted by Gasteiger charge is 2.09. The number of aryl methyl sites for hydroxylation is 1. The molecule has 2 aromatic rings. The van der Waals surface area contributed by atoms with Crippen molar-refractivity contribution in [2.24, 2.45) is 0 Å². The van der Waals surface area contributed by atoms with E-state index in [1.807, 2.05) is 6.92 Å². The van der Waals surface area contributed by atoms with Crippen LogP contribution < -0.4 is 5.32 Å². The molecule has 0 aliphatic heterocycles. The summed E-state index contributed by atoms with van der Waals surface area (Å²) in [6.07, 6.45) is 2.69. The summed E-state index contributed by atoms with van der Waals surface area (Å²) >= 11 is 0. The van der Waals surface area contributed by atoms with Crippen molar-refractivity contribution in [3.05, 3.63) is 12.2 Å². The second-order valence-corrected chi connectivity index (χ2v) is 3.67. The van der Waals surface area contributed by atoms with Crippen LogP contribution in [0.2, 0.25) is 0 Å². The standard InChI is InChI=1S/C10H15N5/c1-4-6(2)13-10-8-9(12-5-11-8)14-7(3)15-10/h5-6H,4H2,1-3H3,(H2,11,12,13,14,15). The normalized spacial score (nSPS) is 13.0. The van der Waals surface area contributed by atoms with Crippen molar-refractivity contribution in [1.29, 1.82) is 0 Å². The highest BCUT2D eigenvalue weighted by Crippen LogP contribution is 2.17. The van der Waals surface area contributed by atoms with Gasteiger partial charge in [0, 0.05) is 6.04 Å².